The molecule has 4 nitrogen and oxygen atoms in total. The molecule has 0 unspecified atom stereocenters. The minimum Gasteiger partial charge on any atom is -0.455 e. The summed E-state index contributed by atoms with van der Waals surface area (Å²) in [5, 5.41) is 0. The van der Waals surface area contributed by atoms with Crippen LogP contribution in [0.2, 0.25) is 0 Å². The maximum atomic E-state index is 13.4. The van der Waals surface area contributed by atoms with Crippen molar-refractivity contribution in [3.05, 3.63) is 34.9 Å². The normalized spacial score (nSPS) is 46.6. The molecule has 8 fully saturated rings. The van der Waals surface area contributed by atoms with E-state index in [0.717, 1.165) is 29.2 Å². The van der Waals surface area contributed by atoms with Gasteiger partial charge in [0.05, 0.1) is 11.1 Å². The molecule has 8 aliphatic rings. The Morgan fingerprint density at radius 2 is 0.914 bits per heavy atom. The molecule has 0 spiro atoms. The van der Waals surface area contributed by atoms with Gasteiger partial charge in [-0.15, -0.1) is 0 Å². The molecule has 0 aromatic heterocycles. The van der Waals surface area contributed by atoms with E-state index in [2.05, 4.69) is 13.8 Å². The third-order valence-corrected chi connectivity index (χ3v) is 11.7. The van der Waals surface area contributed by atoms with Gasteiger partial charge in [0, 0.05) is 0 Å². The number of aryl methyl sites for hydroxylation is 1. The van der Waals surface area contributed by atoms with Crippen molar-refractivity contribution in [1.29, 1.82) is 0 Å². The Bertz CT molecular complexity index is 933. The van der Waals surface area contributed by atoms with Gasteiger partial charge in [-0.3, -0.25) is 0 Å². The molecule has 8 saturated carbocycles. The summed E-state index contributed by atoms with van der Waals surface area (Å²) in [6.07, 6.45) is 12.3. The molecule has 0 aliphatic heterocycles. The highest BCUT2D eigenvalue weighted by Gasteiger charge is 2.58. The fraction of sp³-hybridized carbons (Fsp3) is 0.742. The second-order valence-corrected chi connectivity index (χ2v) is 13.8. The van der Waals surface area contributed by atoms with Gasteiger partial charge in [0.1, 0.15) is 11.2 Å². The summed E-state index contributed by atoms with van der Waals surface area (Å²) in [6.45, 7) is 6.30. The fourth-order valence-corrected chi connectivity index (χ4v) is 10.1. The Morgan fingerprint density at radius 1 is 0.600 bits per heavy atom. The summed E-state index contributed by atoms with van der Waals surface area (Å²) >= 11 is 0. The van der Waals surface area contributed by atoms with E-state index >= 15 is 0 Å². The van der Waals surface area contributed by atoms with E-state index in [-0.39, 0.29) is 23.1 Å². The number of carbonyl (C=O) groups excluding carboxylic acids is 2. The van der Waals surface area contributed by atoms with Crippen LogP contribution >= 0.6 is 0 Å². The van der Waals surface area contributed by atoms with Crippen molar-refractivity contribution in [2.24, 2.45) is 47.3 Å². The van der Waals surface area contributed by atoms with E-state index in [4.69, 9.17) is 9.47 Å². The molecule has 8 aliphatic carbocycles. The Balaban J connectivity index is 1.10. The standard InChI is InChI=1S/C31H40O4/c1-17-4-22(28(32)34-30(2)24-8-18-6-19(10-24)11-25(30)9-18)16-23(5-17)29(33)35-31(3)26-12-20-7-21(14-26)15-27(31)13-20/h4-5,16,18-21,24-27H,6-15H2,1-3H3. The van der Waals surface area contributed by atoms with Crippen molar-refractivity contribution in [3.63, 3.8) is 0 Å². The first kappa shape index (κ1) is 22.4. The Hall–Kier alpha value is -1.84. The van der Waals surface area contributed by atoms with Crippen molar-refractivity contribution in [1.82, 2.24) is 0 Å². The Morgan fingerprint density at radius 3 is 1.23 bits per heavy atom. The zero-order valence-electron chi connectivity index (χ0n) is 21.6. The zero-order chi connectivity index (χ0) is 24.1. The first-order valence-corrected chi connectivity index (χ1v) is 14.3. The van der Waals surface area contributed by atoms with Gasteiger partial charge in [-0.2, -0.15) is 0 Å². The number of carbonyl (C=O) groups is 2. The van der Waals surface area contributed by atoms with Crippen LogP contribution in [0.5, 0.6) is 0 Å². The fourth-order valence-electron chi connectivity index (χ4n) is 10.1. The van der Waals surface area contributed by atoms with E-state index < -0.39 is 0 Å². The summed E-state index contributed by atoms with van der Waals surface area (Å²) in [6, 6.07) is 5.45. The molecule has 35 heavy (non-hydrogen) atoms. The quantitative estimate of drug-likeness (QED) is 0.452. The van der Waals surface area contributed by atoms with Gasteiger partial charge >= 0.3 is 11.9 Å². The lowest BCUT2D eigenvalue weighted by Crippen LogP contribution is -2.58. The van der Waals surface area contributed by atoms with Crippen molar-refractivity contribution in [2.75, 3.05) is 0 Å². The van der Waals surface area contributed by atoms with E-state index in [1.54, 1.807) is 6.07 Å². The smallest absolute Gasteiger partial charge is 0.338 e. The van der Waals surface area contributed by atoms with E-state index in [1.165, 1.54) is 64.2 Å². The Labute approximate surface area is 209 Å². The first-order chi connectivity index (χ1) is 16.7. The maximum Gasteiger partial charge on any atom is 0.338 e. The number of esters is 2. The van der Waals surface area contributed by atoms with Crippen LogP contribution in [0, 0.1) is 54.3 Å². The van der Waals surface area contributed by atoms with Gasteiger partial charge in [-0.25, -0.2) is 9.59 Å². The molecule has 4 heteroatoms. The van der Waals surface area contributed by atoms with Gasteiger partial charge < -0.3 is 9.47 Å². The molecule has 1 aromatic carbocycles. The SMILES string of the molecule is Cc1cc(C(=O)OC2(C)C3CC4CC(C3)CC2C4)cc(C(=O)OC2(C)C3CC4CC(C3)CC2C4)c1. The summed E-state index contributed by atoms with van der Waals surface area (Å²) in [5.41, 5.74) is 1.13. The summed E-state index contributed by atoms with van der Waals surface area (Å²) in [4.78, 5) is 26.9. The van der Waals surface area contributed by atoms with E-state index in [0.29, 0.717) is 34.8 Å². The molecule has 188 valence electrons. The molecule has 8 bridgehead atoms. The second-order valence-electron chi connectivity index (χ2n) is 13.8. The van der Waals surface area contributed by atoms with Gasteiger partial charge in [-0.05, 0) is 156 Å². The lowest BCUT2D eigenvalue weighted by molar-refractivity contribution is -0.165. The predicted molar refractivity (Wildman–Crippen MR) is 133 cm³/mol. The first-order valence-electron chi connectivity index (χ1n) is 14.3. The second kappa shape index (κ2) is 7.59. The highest BCUT2D eigenvalue weighted by molar-refractivity contribution is 5.96. The van der Waals surface area contributed by atoms with Gasteiger partial charge in [-0.1, -0.05) is 0 Å². The van der Waals surface area contributed by atoms with Crippen molar-refractivity contribution >= 4 is 11.9 Å². The van der Waals surface area contributed by atoms with Crippen molar-refractivity contribution in [3.8, 4) is 0 Å². The van der Waals surface area contributed by atoms with Gasteiger partial charge in [0.25, 0.3) is 0 Å². The minimum absolute atomic E-state index is 0.279. The molecule has 0 atom stereocenters. The molecule has 0 heterocycles. The van der Waals surface area contributed by atoms with Crippen LogP contribution in [0.3, 0.4) is 0 Å². The zero-order valence-corrected chi connectivity index (χ0v) is 21.6. The number of benzene rings is 1. The van der Waals surface area contributed by atoms with Crippen LogP contribution in [-0.4, -0.2) is 23.1 Å². The van der Waals surface area contributed by atoms with Crippen molar-refractivity contribution < 1.29 is 19.1 Å². The molecule has 0 saturated heterocycles. The third kappa shape index (κ3) is 3.44. The van der Waals surface area contributed by atoms with Crippen LogP contribution in [0.1, 0.15) is 104 Å². The predicted octanol–water partition coefficient (Wildman–Crippen LogP) is 6.74. The third-order valence-electron chi connectivity index (χ3n) is 11.7. The van der Waals surface area contributed by atoms with Crippen LogP contribution in [-0.2, 0) is 9.47 Å². The number of ether oxygens (including phenoxy) is 2. The summed E-state index contributed by atoms with van der Waals surface area (Å²) < 4.78 is 12.7. The highest BCUT2D eigenvalue weighted by atomic mass is 16.6. The molecule has 0 amide bonds. The molecular weight excluding hydrogens is 436 g/mol. The monoisotopic (exact) mass is 476 g/mol. The van der Waals surface area contributed by atoms with Crippen molar-refractivity contribution in [2.45, 2.75) is 96.2 Å². The average Bonchev–Trinajstić information content (AvgIpc) is 2.80. The van der Waals surface area contributed by atoms with Crippen LogP contribution in [0.25, 0.3) is 0 Å². The number of hydrogen-bond acceptors (Lipinski definition) is 4. The highest BCUT2D eigenvalue weighted by Crippen LogP contribution is 2.60. The lowest BCUT2D eigenvalue weighted by Gasteiger charge is -2.59. The molecule has 0 N–H and O–H groups in total. The largest absolute Gasteiger partial charge is 0.455 e. The molecular formula is C31H40O4. The minimum atomic E-state index is -0.372. The topological polar surface area (TPSA) is 52.6 Å². The number of rotatable bonds is 4. The maximum absolute atomic E-state index is 13.4. The van der Waals surface area contributed by atoms with Gasteiger partial charge in [0.2, 0.25) is 0 Å². The summed E-state index contributed by atoms with van der Waals surface area (Å²) in [5.74, 6) is 4.68. The summed E-state index contributed by atoms with van der Waals surface area (Å²) in [7, 11) is 0. The van der Waals surface area contributed by atoms with E-state index in [9.17, 15) is 9.59 Å². The molecule has 1 aromatic rings. The molecule has 9 rings (SSSR count). The molecule has 0 radical (unpaired) electrons. The van der Waals surface area contributed by atoms with Crippen LogP contribution in [0.4, 0.5) is 0 Å². The van der Waals surface area contributed by atoms with Gasteiger partial charge in [0.15, 0.2) is 0 Å². The van der Waals surface area contributed by atoms with E-state index in [1.807, 2.05) is 19.1 Å². The Kier molecular flexibility index (Phi) is 4.85. The number of hydrogen-bond donors (Lipinski definition) is 0. The van der Waals surface area contributed by atoms with Crippen LogP contribution in [0.15, 0.2) is 18.2 Å². The average molecular weight is 477 g/mol. The van der Waals surface area contributed by atoms with Crippen LogP contribution < -0.4 is 0 Å². The lowest BCUT2D eigenvalue weighted by atomic mass is 9.50.